The SMILES string of the molecule is CC(C)Cn1ccc2c(C(=O)N3C[C@@H](C)[C@H](C(N)=O)C3)cccc21. The molecule has 1 aromatic heterocycles. The van der Waals surface area contributed by atoms with Gasteiger partial charge in [-0.2, -0.15) is 0 Å². The van der Waals surface area contributed by atoms with Crippen LogP contribution in [0.15, 0.2) is 30.5 Å². The van der Waals surface area contributed by atoms with Crippen LogP contribution < -0.4 is 5.73 Å². The van der Waals surface area contributed by atoms with Crippen LogP contribution in [0.4, 0.5) is 0 Å². The van der Waals surface area contributed by atoms with Crippen molar-refractivity contribution in [3.05, 3.63) is 36.0 Å². The molecular weight excluding hydrogens is 302 g/mol. The minimum absolute atomic E-state index is 0.0153. The Morgan fingerprint density at radius 2 is 2.00 bits per heavy atom. The molecule has 2 heterocycles. The Balaban J connectivity index is 1.91. The van der Waals surface area contributed by atoms with Crippen LogP contribution in [0.2, 0.25) is 0 Å². The number of primary amides is 1. The molecule has 5 nitrogen and oxygen atoms in total. The summed E-state index contributed by atoms with van der Waals surface area (Å²) in [5.74, 6) is 0.0585. The standard InChI is InChI=1S/C19H25N3O2/c1-12(2)9-21-8-7-14-15(5-4-6-17(14)21)19(24)22-10-13(3)16(11-22)18(20)23/h4-8,12-13,16H,9-11H2,1-3H3,(H2,20,23)/t13-,16-/m1/s1. The van der Waals surface area contributed by atoms with Crippen molar-refractivity contribution in [3.8, 4) is 0 Å². The van der Waals surface area contributed by atoms with E-state index in [1.54, 1.807) is 4.90 Å². The zero-order chi connectivity index (χ0) is 17.4. The minimum Gasteiger partial charge on any atom is -0.369 e. The molecule has 5 heteroatoms. The maximum absolute atomic E-state index is 13.0. The third-order valence-electron chi connectivity index (χ3n) is 4.87. The van der Waals surface area contributed by atoms with Crippen molar-refractivity contribution in [2.24, 2.45) is 23.5 Å². The molecule has 0 radical (unpaired) electrons. The Hall–Kier alpha value is -2.30. The zero-order valence-corrected chi connectivity index (χ0v) is 14.5. The van der Waals surface area contributed by atoms with Crippen LogP contribution in [0.1, 0.15) is 31.1 Å². The van der Waals surface area contributed by atoms with Gasteiger partial charge in [-0.1, -0.05) is 26.8 Å². The molecule has 0 spiro atoms. The van der Waals surface area contributed by atoms with Gasteiger partial charge in [0.15, 0.2) is 0 Å². The third-order valence-corrected chi connectivity index (χ3v) is 4.87. The lowest BCUT2D eigenvalue weighted by molar-refractivity contribution is -0.122. The quantitative estimate of drug-likeness (QED) is 0.937. The molecule has 2 amide bonds. The average Bonchev–Trinajstić information content (AvgIpc) is 3.10. The molecule has 2 aromatic rings. The van der Waals surface area contributed by atoms with Gasteiger partial charge in [0.2, 0.25) is 5.91 Å². The van der Waals surface area contributed by atoms with Gasteiger partial charge in [0, 0.05) is 42.3 Å². The van der Waals surface area contributed by atoms with Gasteiger partial charge in [-0.15, -0.1) is 0 Å². The van der Waals surface area contributed by atoms with E-state index in [-0.39, 0.29) is 23.7 Å². The largest absolute Gasteiger partial charge is 0.369 e. The molecule has 1 aliphatic heterocycles. The van der Waals surface area contributed by atoms with E-state index in [0.29, 0.717) is 24.6 Å². The molecule has 2 atom stereocenters. The number of hydrogen-bond donors (Lipinski definition) is 1. The lowest BCUT2D eigenvalue weighted by atomic mass is 9.98. The lowest BCUT2D eigenvalue weighted by Crippen LogP contribution is -2.32. The highest BCUT2D eigenvalue weighted by Crippen LogP contribution is 2.27. The molecule has 1 aliphatic rings. The second-order valence-electron chi connectivity index (χ2n) is 7.30. The van der Waals surface area contributed by atoms with Gasteiger partial charge in [0.1, 0.15) is 0 Å². The number of likely N-dealkylation sites (tertiary alicyclic amines) is 1. The predicted octanol–water partition coefficient (Wildman–Crippen LogP) is 2.49. The number of rotatable bonds is 4. The van der Waals surface area contributed by atoms with E-state index in [2.05, 4.69) is 18.4 Å². The summed E-state index contributed by atoms with van der Waals surface area (Å²) in [4.78, 5) is 26.2. The maximum atomic E-state index is 13.0. The Morgan fingerprint density at radius 3 is 2.62 bits per heavy atom. The second-order valence-corrected chi connectivity index (χ2v) is 7.30. The molecular formula is C19H25N3O2. The molecule has 3 rings (SSSR count). The molecule has 0 bridgehead atoms. The number of amides is 2. The van der Waals surface area contributed by atoms with E-state index in [1.165, 1.54) is 0 Å². The van der Waals surface area contributed by atoms with Crippen LogP contribution in [-0.4, -0.2) is 34.4 Å². The summed E-state index contributed by atoms with van der Waals surface area (Å²) >= 11 is 0. The van der Waals surface area contributed by atoms with Gasteiger partial charge in [-0.05, 0) is 30.0 Å². The molecule has 1 aromatic carbocycles. The first-order valence-corrected chi connectivity index (χ1v) is 8.55. The average molecular weight is 327 g/mol. The molecule has 0 unspecified atom stereocenters. The first-order chi connectivity index (χ1) is 11.4. The van der Waals surface area contributed by atoms with E-state index < -0.39 is 0 Å². The molecule has 24 heavy (non-hydrogen) atoms. The summed E-state index contributed by atoms with van der Waals surface area (Å²) in [5.41, 5.74) is 7.23. The van der Waals surface area contributed by atoms with Crippen molar-refractivity contribution < 1.29 is 9.59 Å². The first kappa shape index (κ1) is 16.6. The van der Waals surface area contributed by atoms with Crippen LogP contribution in [0.5, 0.6) is 0 Å². The summed E-state index contributed by atoms with van der Waals surface area (Å²) in [6, 6.07) is 7.85. The lowest BCUT2D eigenvalue weighted by Gasteiger charge is -2.17. The van der Waals surface area contributed by atoms with Crippen LogP contribution >= 0.6 is 0 Å². The summed E-state index contributed by atoms with van der Waals surface area (Å²) in [7, 11) is 0. The van der Waals surface area contributed by atoms with E-state index >= 15 is 0 Å². The molecule has 2 N–H and O–H groups in total. The highest BCUT2D eigenvalue weighted by molar-refractivity contribution is 6.06. The van der Waals surface area contributed by atoms with Crippen LogP contribution in [0.3, 0.4) is 0 Å². The monoisotopic (exact) mass is 327 g/mol. The van der Waals surface area contributed by atoms with Gasteiger partial charge in [-0.25, -0.2) is 0 Å². The Morgan fingerprint density at radius 1 is 1.25 bits per heavy atom. The minimum atomic E-state index is -0.320. The molecule has 0 aliphatic carbocycles. The number of nitrogens with zero attached hydrogens (tertiary/aromatic N) is 2. The summed E-state index contributed by atoms with van der Waals surface area (Å²) in [5, 5.41) is 0.971. The fourth-order valence-electron chi connectivity index (χ4n) is 3.64. The zero-order valence-electron chi connectivity index (χ0n) is 14.5. The topological polar surface area (TPSA) is 68.3 Å². The van der Waals surface area contributed by atoms with Crippen molar-refractivity contribution in [1.82, 2.24) is 9.47 Å². The van der Waals surface area contributed by atoms with Crippen LogP contribution in [-0.2, 0) is 11.3 Å². The fraction of sp³-hybridized carbons (Fsp3) is 0.474. The smallest absolute Gasteiger partial charge is 0.254 e. The second kappa shape index (κ2) is 6.30. The van der Waals surface area contributed by atoms with Gasteiger partial charge < -0.3 is 15.2 Å². The van der Waals surface area contributed by atoms with E-state index in [9.17, 15) is 9.59 Å². The number of nitrogens with two attached hydrogens (primary N) is 1. The van der Waals surface area contributed by atoms with E-state index in [1.807, 2.05) is 37.4 Å². The predicted molar refractivity (Wildman–Crippen MR) is 94.5 cm³/mol. The normalized spacial score (nSPS) is 20.9. The number of carbonyl (C=O) groups excluding carboxylic acids is 2. The van der Waals surface area contributed by atoms with Crippen molar-refractivity contribution in [2.75, 3.05) is 13.1 Å². The first-order valence-electron chi connectivity index (χ1n) is 8.55. The van der Waals surface area contributed by atoms with Crippen molar-refractivity contribution in [3.63, 3.8) is 0 Å². The molecule has 1 fully saturated rings. The molecule has 1 saturated heterocycles. The highest BCUT2D eigenvalue weighted by Gasteiger charge is 2.36. The summed E-state index contributed by atoms with van der Waals surface area (Å²) in [6.07, 6.45) is 2.04. The Labute approximate surface area is 142 Å². The van der Waals surface area contributed by atoms with Gasteiger partial charge >= 0.3 is 0 Å². The number of fused-ring (bicyclic) bond motifs is 1. The fourth-order valence-corrected chi connectivity index (χ4v) is 3.64. The highest BCUT2D eigenvalue weighted by atomic mass is 16.2. The Kier molecular flexibility index (Phi) is 4.35. The van der Waals surface area contributed by atoms with Crippen molar-refractivity contribution in [1.29, 1.82) is 0 Å². The number of aromatic nitrogens is 1. The molecule has 128 valence electrons. The van der Waals surface area contributed by atoms with Gasteiger partial charge in [0.05, 0.1) is 5.92 Å². The van der Waals surface area contributed by atoms with Crippen LogP contribution in [0, 0.1) is 17.8 Å². The van der Waals surface area contributed by atoms with E-state index in [4.69, 9.17) is 5.73 Å². The summed E-state index contributed by atoms with van der Waals surface area (Å²) in [6.45, 7) is 8.24. The maximum Gasteiger partial charge on any atom is 0.254 e. The van der Waals surface area contributed by atoms with Crippen molar-refractivity contribution >= 4 is 22.7 Å². The number of benzene rings is 1. The van der Waals surface area contributed by atoms with Gasteiger partial charge in [-0.3, -0.25) is 9.59 Å². The van der Waals surface area contributed by atoms with Gasteiger partial charge in [0.25, 0.3) is 5.91 Å². The summed E-state index contributed by atoms with van der Waals surface area (Å²) < 4.78 is 2.19. The van der Waals surface area contributed by atoms with Crippen LogP contribution in [0.25, 0.3) is 10.9 Å². The van der Waals surface area contributed by atoms with E-state index in [0.717, 1.165) is 17.4 Å². The molecule has 0 saturated carbocycles. The Bertz CT molecular complexity index is 778. The van der Waals surface area contributed by atoms with Crippen molar-refractivity contribution in [2.45, 2.75) is 27.3 Å². The number of hydrogen-bond acceptors (Lipinski definition) is 2. The third kappa shape index (κ3) is 2.90. The number of carbonyl (C=O) groups is 2.